The minimum Gasteiger partial charge on any atom is -0.489 e. The molecule has 148 valence electrons. The Hall–Kier alpha value is -2.69. The van der Waals surface area contributed by atoms with Gasteiger partial charge >= 0.3 is 0 Å². The average molecular weight is 379 g/mol. The van der Waals surface area contributed by atoms with Crippen LogP contribution in [0.5, 0.6) is 5.75 Å². The standard InChI is InChI=1S/C23H30N4O/c1-2-3-4-5-6-7-11-18-27-25-23(24-26-27)21-14-16-22(17-15-21)28-19-20-12-9-8-10-13-20/h8-10,12-17H,2-7,11,18-19H2,1H3. The highest BCUT2D eigenvalue weighted by Crippen LogP contribution is 2.19. The molecule has 0 fully saturated rings. The summed E-state index contributed by atoms with van der Waals surface area (Å²) in [6, 6.07) is 18.0. The largest absolute Gasteiger partial charge is 0.489 e. The third kappa shape index (κ3) is 6.48. The molecule has 5 nitrogen and oxygen atoms in total. The number of hydrogen-bond donors (Lipinski definition) is 0. The van der Waals surface area contributed by atoms with Crippen LogP contribution in [0.2, 0.25) is 0 Å². The summed E-state index contributed by atoms with van der Waals surface area (Å²) in [4.78, 5) is 1.71. The topological polar surface area (TPSA) is 52.8 Å². The lowest BCUT2D eigenvalue weighted by Gasteiger charge is -2.06. The zero-order chi connectivity index (χ0) is 19.4. The number of aryl methyl sites for hydroxylation is 1. The number of nitrogens with zero attached hydrogens (tertiary/aromatic N) is 4. The molecule has 3 aromatic rings. The maximum absolute atomic E-state index is 5.83. The molecule has 0 N–H and O–H groups in total. The second-order valence-corrected chi connectivity index (χ2v) is 7.13. The first-order valence-electron chi connectivity index (χ1n) is 10.4. The fraction of sp³-hybridized carbons (Fsp3) is 0.435. The predicted molar refractivity (Wildman–Crippen MR) is 112 cm³/mol. The molecule has 0 radical (unpaired) electrons. The molecule has 0 aliphatic heterocycles. The normalized spacial score (nSPS) is 10.9. The summed E-state index contributed by atoms with van der Waals surface area (Å²) in [6.07, 6.45) is 8.97. The first-order valence-corrected chi connectivity index (χ1v) is 10.4. The van der Waals surface area contributed by atoms with Crippen LogP contribution >= 0.6 is 0 Å². The molecule has 5 heteroatoms. The minimum absolute atomic E-state index is 0.563. The summed E-state index contributed by atoms with van der Waals surface area (Å²) < 4.78 is 5.83. The van der Waals surface area contributed by atoms with Crippen molar-refractivity contribution in [2.24, 2.45) is 0 Å². The van der Waals surface area contributed by atoms with Crippen molar-refractivity contribution in [3.63, 3.8) is 0 Å². The predicted octanol–water partition coefficient (Wildman–Crippen LogP) is 5.67. The zero-order valence-electron chi connectivity index (χ0n) is 16.8. The van der Waals surface area contributed by atoms with Gasteiger partial charge in [-0.2, -0.15) is 4.80 Å². The van der Waals surface area contributed by atoms with E-state index < -0.39 is 0 Å². The van der Waals surface area contributed by atoms with Crippen molar-refractivity contribution in [2.45, 2.75) is 65.0 Å². The van der Waals surface area contributed by atoms with Crippen LogP contribution in [0.4, 0.5) is 0 Å². The molecule has 0 unspecified atom stereocenters. The van der Waals surface area contributed by atoms with Crippen molar-refractivity contribution in [2.75, 3.05) is 0 Å². The number of unbranched alkanes of at least 4 members (excludes halogenated alkanes) is 6. The molecule has 0 spiro atoms. The fourth-order valence-corrected chi connectivity index (χ4v) is 3.10. The molecule has 3 rings (SSSR count). The number of hydrogen-bond acceptors (Lipinski definition) is 4. The molecule has 28 heavy (non-hydrogen) atoms. The van der Waals surface area contributed by atoms with E-state index >= 15 is 0 Å². The molecule has 0 saturated carbocycles. The highest BCUT2D eigenvalue weighted by Gasteiger charge is 2.06. The first-order chi connectivity index (χ1) is 13.8. The van der Waals surface area contributed by atoms with Crippen molar-refractivity contribution >= 4 is 0 Å². The number of rotatable bonds is 12. The lowest BCUT2D eigenvalue weighted by molar-refractivity contribution is 0.306. The molecule has 0 aliphatic rings. The van der Waals surface area contributed by atoms with Crippen LogP contribution in [0, 0.1) is 0 Å². The van der Waals surface area contributed by atoms with Gasteiger partial charge in [0.1, 0.15) is 12.4 Å². The Morgan fingerprint density at radius 3 is 2.29 bits per heavy atom. The first kappa shape index (κ1) is 20.1. The number of tetrazole rings is 1. The zero-order valence-corrected chi connectivity index (χ0v) is 16.8. The molecular formula is C23H30N4O. The van der Waals surface area contributed by atoms with E-state index in [0.29, 0.717) is 12.4 Å². The van der Waals surface area contributed by atoms with E-state index in [1.165, 1.54) is 38.5 Å². The van der Waals surface area contributed by atoms with E-state index in [2.05, 4.69) is 34.5 Å². The molecule has 1 heterocycles. The molecular weight excluding hydrogens is 348 g/mol. The molecule has 0 amide bonds. The lowest BCUT2D eigenvalue weighted by Crippen LogP contribution is -2.02. The van der Waals surface area contributed by atoms with E-state index in [4.69, 9.17) is 4.74 Å². The van der Waals surface area contributed by atoms with Crippen LogP contribution in [0.15, 0.2) is 54.6 Å². The van der Waals surface area contributed by atoms with Gasteiger partial charge in [-0.05, 0) is 41.5 Å². The van der Waals surface area contributed by atoms with Gasteiger partial charge in [0.2, 0.25) is 5.82 Å². The van der Waals surface area contributed by atoms with Crippen LogP contribution < -0.4 is 4.74 Å². The summed E-state index contributed by atoms with van der Waals surface area (Å²) in [7, 11) is 0. The third-order valence-electron chi connectivity index (χ3n) is 4.78. The summed E-state index contributed by atoms with van der Waals surface area (Å²) in [6.45, 7) is 3.64. The Morgan fingerprint density at radius 1 is 0.821 bits per heavy atom. The van der Waals surface area contributed by atoms with E-state index in [1.807, 2.05) is 42.5 Å². The van der Waals surface area contributed by atoms with Crippen molar-refractivity contribution in [3.8, 4) is 17.1 Å². The minimum atomic E-state index is 0.563. The van der Waals surface area contributed by atoms with Gasteiger partial charge in [-0.1, -0.05) is 75.8 Å². The van der Waals surface area contributed by atoms with Gasteiger partial charge < -0.3 is 4.74 Å². The lowest BCUT2D eigenvalue weighted by atomic mass is 10.1. The van der Waals surface area contributed by atoms with Gasteiger partial charge in [0.15, 0.2) is 0 Å². The highest BCUT2D eigenvalue weighted by molar-refractivity contribution is 5.55. The fourth-order valence-electron chi connectivity index (χ4n) is 3.10. The highest BCUT2D eigenvalue weighted by atomic mass is 16.5. The summed E-state index contributed by atoms with van der Waals surface area (Å²) in [5, 5.41) is 12.9. The second-order valence-electron chi connectivity index (χ2n) is 7.13. The van der Waals surface area contributed by atoms with E-state index in [-0.39, 0.29) is 0 Å². The van der Waals surface area contributed by atoms with Gasteiger partial charge in [0.25, 0.3) is 0 Å². The van der Waals surface area contributed by atoms with Crippen LogP contribution in [0.25, 0.3) is 11.4 Å². The van der Waals surface area contributed by atoms with E-state index in [1.54, 1.807) is 4.80 Å². The smallest absolute Gasteiger partial charge is 0.204 e. The van der Waals surface area contributed by atoms with Crippen molar-refractivity contribution in [1.29, 1.82) is 0 Å². The summed E-state index contributed by atoms with van der Waals surface area (Å²) >= 11 is 0. The monoisotopic (exact) mass is 378 g/mol. The van der Waals surface area contributed by atoms with Crippen LogP contribution in [0.1, 0.15) is 57.4 Å². The quantitative estimate of drug-likeness (QED) is 0.381. The molecule has 2 aromatic carbocycles. The van der Waals surface area contributed by atoms with Crippen LogP contribution in [0.3, 0.4) is 0 Å². The number of benzene rings is 2. The maximum atomic E-state index is 5.83. The third-order valence-corrected chi connectivity index (χ3v) is 4.78. The van der Waals surface area contributed by atoms with Crippen LogP contribution in [-0.2, 0) is 13.2 Å². The Labute approximate surface area is 167 Å². The van der Waals surface area contributed by atoms with Gasteiger partial charge in [-0.25, -0.2) is 0 Å². The molecule has 0 bridgehead atoms. The van der Waals surface area contributed by atoms with E-state index in [9.17, 15) is 0 Å². The molecule has 0 atom stereocenters. The van der Waals surface area contributed by atoms with Crippen LogP contribution in [-0.4, -0.2) is 20.2 Å². The van der Waals surface area contributed by atoms with Crippen molar-refractivity contribution in [1.82, 2.24) is 20.2 Å². The Morgan fingerprint density at radius 2 is 1.54 bits per heavy atom. The van der Waals surface area contributed by atoms with Gasteiger partial charge in [-0.15, -0.1) is 10.2 Å². The number of ether oxygens (including phenoxy) is 1. The second kappa shape index (κ2) is 11.2. The Kier molecular flexibility index (Phi) is 8.04. The van der Waals surface area contributed by atoms with Crippen molar-refractivity contribution < 1.29 is 4.74 Å². The summed E-state index contributed by atoms with van der Waals surface area (Å²) in [5.41, 5.74) is 2.11. The van der Waals surface area contributed by atoms with Gasteiger partial charge in [-0.3, -0.25) is 0 Å². The summed E-state index contributed by atoms with van der Waals surface area (Å²) in [5.74, 6) is 1.50. The van der Waals surface area contributed by atoms with Crippen molar-refractivity contribution in [3.05, 3.63) is 60.2 Å². The molecule has 0 saturated heterocycles. The Bertz CT molecular complexity index is 799. The molecule has 1 aromatic heterocycles. The van der Waals surface area contributed by atoms with Gasteiger partial charge in [0.05, 0.1) is 6.54 Å². The maximum Gasteiger partial charge on any atom is 0.204 e. The SMILES string of the molecule is CCCCCCCCCn1nnc(-c2ccc(OCc3ccccc3)cc2)n1. The average Bonchev–Trinajstić information content (AvgIpc) is 3.22. The molecule has 0 aliphatic carbocycles. The number of aromatic nitrogens is 4. The Balaban J connectivity index is 1.43. The van der Waals surface area contributed by atoms with E-state index in [0.717, 1.165) is 29.8 Å². The van der Waals surface area contributed by atoms with Gasteiger partial charge in [0, 0.05) is 5.56 Å².